The number of carbonyl (C=O) groups excluding carboxylic acids is 1. The third kappa shape index (κ3) is 5.06. The van der Waals surface area contributed by atoms with Gasteiger partial charge in [0.05, 0.1) is 17.0 Å². The molecule has 0 aliphatic rings. The first kappa shape index (κ1) is 19.9. The van der Waals surface area contributed by atoms with Crippen molar-refractivity contribution in [2.45, 2.75) is 24.9 Å². The second kappa shape index (κ2) is 7.46. The fourth-order valence-corrected chi connectivity index (χ4v) is 3.49. The smallest absolute Gasteiger partial charge is 0.325 e. The molecule has 0 heterocycles. The largest absolute Gasteiger partial charge is 0.416 e. The van der Waals surface area contributed by atoms with Crippen molar-refractivity contribution in [3.05, 3.63) is 59.2 Å². The molecule has 5 nitrogen and oxygen atoms in total. The third-order valence-electron chi connectivity index (χ3n) is 3.55. The first-order valence-electron chi connectivity index (χ1n) is 7.53. The SMILES string of the molecule is Cc1ccc(C)c(S(=O)(=O)NCC(=O)Nc2ccc(C(F)(F)F)cc2)c1. The minimum absolute atomic E-state index is 0.0693. The monoisotopic (exact) mass is 386 g/mol. The molecule has 2 rings (SSSR count). The molecule has 2 aromatic carbocycles. The topological polar surface area (TPSA) is 75.3 Å². The molecule has 2 aromatic rings. The molecule has 0 atom stereocenters. The zero-order valence-electron chi connectivity index (χ0n) is 14.0. The van der Waals surface area contributed by atoms with Gasteiger partial charge in [-0.15, -0.1) is 0 Å². The molecule has 1 amide bonds. The van der Waals surface area contributed by atoms with E-state index in [4.69, 9.17) is 0 Å². The van der Waals surface area contributed by atoms with Crippen molar-refractivity contribution in [2.75, 3.05) is 11.9 Å². The Morgan fingerprint density at radius 3 is 2.23 bits per heavy atom. The molecule has 9 heteroatoms. The van der Waals surface area contributed by atoms with Crippen molar-refractivity contribution in [2.24, 2.45) is 0 Å². The number of amides is 1. The van der Waals surface area contributed by atoms with E-state index in [0.717, 1.165) is 29.8 Å². The molecule has 0 radical (unpaired) electrons. The summed E-state index contributed by atoms with van der Waals surface area (Å²) in [6.45, 7) is 2.84. The van der Waals surface area contributed by atoms with Crippen LogP contribution in [0.1, 0.15) is 16.7 Å². The number of anilines is 1. The van der Waals surface area contributed by atoms with E-state index in [1.807, 2.05) is 0 Å². The first-order valence-corrected chi connectivity index (χ1v) is 9.01. The van der Waals surface area contributed by atoms with Crippen LogP contribution >= 0.6 is 0 Å². The highest BCUT2D eigenvalue weighted by molar-refractivity contribution is 7.89. The van der Waals surface area contributed by atoms with Gasteiger partial charge < -0.3 is 5.32 Å². The van der Waals surface area contributed by atoms with Gasteiger partial charge in [-0.25, -0.2) is 13.1 Å². The summed E-state index contributed by atoms with van der Waals surface area (Å²) in [7, 11) is -3.89. The Morgan fingerprint density at radius 2 is 1.65 bits per heavy atom. The van der Waals surface area contributed by atoms with Gasteiger partial charge in [0.15, 0.2) is 0 Å². The number of aryl methyl sites for hydroxylation is 2. The highest BCUT2D eigenvalue weighted by Gasteiger charge is 2.30. The zero-order chi connectivity index (χ0) is 19.5. The predicted molar refractivity (Wildman–Crippen MR) is 91.2 cm³/mol. The fourth-order valence-electron chi connectivity index (χ4n) is 2.18. The summed E-state index contributed by atoms with van der Waals surface area (Å²) in [6.07, 6.45) is -4.47. The van der Waals surface area contributed by atoms with Crippen LogP contribution in [0, 0.1) is 13.8 Å². The summed E-state index contributed by atoms with van der Waals surface area (Å²) < 4.78 is 64.3. The number of rotatable bonds is 5. The van der Waals surface area contributed by atoms with Crippen molar-refractivity contribution in [3.8, 4) is 0 Å². The van der Waals surface area contributed by atoms with Crippen molar-refractivity contribution < 1.29 is 26.4 Å². The summed E-state index contributed by atoms with van der Waals surface area (Å²) in [6, 6.07) is 8.77. The lowest BCUT2D eigenvalue weighted by atomic mass is 10.2. The van der Waals surface area contributed by atoms with E-state index in [1.165, 1.54) is 6.07 Å². The highest BCUT2D eigenvalue weighted by Crippen LogP contribution is 2.29. The average Bonchev–Trinajstić information content (AvgIpc) is 2.55. The molecule has 140 valence electrons. The van der Waals surface area contributed by atoms with Crippen LogP contribution in [-0.2, 0) is 21.0 Å². The van der Waals surface area contributed by atoms with Crippen molar-refractivity contribution in [1.29, 1.82) is 0 Å². The standard InChI is InChI=1S/C17H17F3N2O3S/c1-11-3-4-12(2)15(9-11)26(24,25)21-10-16(23)22-14-7-5-13(6-8-14)17(18,19)20/h3-9,21H,10H2,1-2H3,(H,22,23). The van der Waals surface area contributed by atoms with Crippen LogP contribution in [0.4, 0.5) is 18.9 Å². The van der Waals surface area contributed by atoms with Crippen LogP contribution in [0.5, 0.6) is 0 Å². The third-order valence-corrected chi connectivity index (χ3v) is 5.10. The first-order chi connectivity index (χ1) is 12.0. The summed E-state index contributed by atoms with van der Waals surface area (Å²) >= 11 is 0. The number of hydrogen-bond acceptors (Lipinski definition) is 3. The van der Waals surface area contributed by atoms with Gasteiger partial charge in [-0.1, -0.05) is 12.1 Å². The Kier molecular flexibility index (Phi) is 5.72. The molecular weight excluding hydrogens is 369 g/mol. The lowest BCUT2D eigenvalue weighted by Gasteiger charge is -2.11. The lowest BCUT2D eigenvalue weighted by molar-refractivity contribution is -0.137. The number of hydrogen-bond donors (Lipinski definition) is 2. The molecule has 0 fully saturated rings. The second-order valence-electron chi connectivity index (χ2n) is 5.72. The lowest BCUT2D eigenvalue weighted by Crippen LogP contribution is -2.33. The summed E-state index contributed by atoms with van der Waals surface area (Å²) in [5.41, 5.74) is 0.580. The number of benzene rings is 2. The maximum Gasteiger partial charge on any atom is 0.416 e. The molecular formula is C17H17F3N2O3S. The Morgan fingerprint density at radius 1 is 1.04 bits per heavy atom. The molecule has 0 aromatic heterocycles. The van der Waals surface area contributed by atoms with Gasteiger partial charge in [0, 0.05) is 5.69 Å². The van der Waals surface area contributed by atoms with Gasteiger partial charge in [0.25, 0.3) is 0 Å². The maximum absolute atomic E-state index is 12.5. The number of nitrogens with one attached hydrogen (secondary N) is 2. The summed E-state index contributed by atoms with van der Waals surface area (Å²) in [5, 5.41) is 2.34. The van der Waals surface area contributed by atoms with Gasteiger partial charge in [-0.2, -0.15) is 13.2 Å². The van der Waals surface area contributed by atoms with E-state index < -0.39 is 34.2 Å². The fraction of sp³-hybridized carbons (Fsp3) is 0.235. The summed E-state index contributed by atoms with van der Waals surface area (Å²) in [5.74, 6) is -0.696. The van der Waals surface area contributed by atoms with Crippen LogP contribution in [-0.4, -0.2) is 20.9 Å². The summed E-state index contributed by atoms with van der Waals surface area (Å²) in [4.78, 5) is 11.9. The average molecular weight is 386 g/mol. The molecule has 0 bridgehead atoms. The molecule has 2 N–H and O–H groups in total. The van der Waals surface area contributed by atoms with Crippen molar-refractivity contribution >= 4 is 21.6 Å². The van der Waals surface area contributed by atoms with Crippen LogP contribution in [0.3, 0.4) is 0 Å². The Labute approximate surface area is 149 Å². The number of carbonyl (C=O) groups is 1. The van der Waals surface area contributed by atoms with Gasteiger partial charge in [-0.3, -0.25) is 4.79 Å². The molecule has 26 heavy (non-hydrogen) atoms. The molecule has 0 saturated heterocycles. The number of halogens is 3. The molecule has 0 unspecified atom stereocenters. The van der Waals surface area contributed by atoms with Gasteiger partial charge in [0.2, 0.25) is 15.9 Å². The Balaban J connectivity index is 2.01. The van der Waals surface area contributed by atoms with E-state index in [2.05, 4.69) is 10.0 Å². The Bertz CT molecular complexity index is 908. The van der Waals surface area contributed by atoms with E-state index in [9.17, 15) is 26.4 Å². The molecule has 0 saturated carbocycles. The Hall–Kier alpha value is -2.39. The van der Waals surface area contributed by atoms with E-state index in [0.29, 0.717) is 5.56 Å². The van der Waals surface area contributed by atoms with E-state index >= 15 is 0 Å². The van der Waals surface area contributed by atoms with Gasteiger partial charge >= 0.3 is 6.18 Å². The normalized spacial score (nSPS) is 12.0. The molecule has 0 aliphatic carbocycles. The minimum Gasteiger partial charge on any atom is -0.325 e. The predicted octanol–water partition coefficient (Wildman–Crippen LogP) is 3.24. The van der Waals surface area contributed by atoms with Crippen LogP contribution in [0.25, 0.3) is 0 Å². The van der Waals surface area contributed by atoms with E-state index in [-0.39, 0.29) is 10.6 Å². The van der Waals surface area contributed by atoms with Crippen molar-refractivity contribution in [1.82, 2.24) is 4.72 Å². The van der Waals surface area contributed by atoms with Crippen molar-refractivity contribution in [3.63, 3.8) is 0 Å². The van der Waals surface area contributed by atoms with Crippen LogP contribution in [0.2, 0.25) is 0 Å². The van der Waals surface area contributed by atoms with E-state index in [1.54, 1.807) is 26.0 Å². The molecule has 0 aliphatic heterocycles. The molecule has 0 spiro atoms. The van der Waals surface area contributed by atoms with Crippen LogP contribution < -0.4 is 10.0 Å². The minimum atomic E-state index is -4.47. The zero-order valence-corrected chi connectivity index (χ0v) is 14.8. The second-order valence-corrected chi connectivity index (χ2v) is 7.45. The quantitative estimate of drug-likeness (QED) is 0.828. The highest BCUT2D eigenvalue weighted by atomic mass is 32.2. The van der Waals surface area contributed by atoms with Gasteiger partial charge in [-0.05, 0) is 55.3 Å². The number of sulfonamides is 1. The van der Waals surface area contributed by atoms with Crippen LogP contribution in [0.15, 0.2) is 47.4 Å². The maximum atomic E-state index is 12.5. The van der Waals surface area contributed by atoms with Gasteiger partial charge in [0.1, 0.15) is 0 Å². The number of alkyl halides is 3.